The first-order valence-corrected chi connectivity index (χ1v) is 6.18. The summed E-state index contributed by atoms with van der Waals surface area (Å²) < 4.78 is 5.30. The van der Waals surface area contributed by atoms with Crippen LogP contribution < -0.4 is 5.73 Å². The molecular weight excluding hydrogens is 204 g/mol. The van der Waals surface area contributed by atoms with Gasteiger partial charge in [-0.3, -0.25) is 4.79 Å². The fourth-order valence-corrected chi connectivity index (χ4v) is 3.43. The number of likely N-dealkylation sites (tertiary alicyclic amines) is 1. The van der Waals surface area contributed by atoms with Gasteiger partial charge in [0.1, 0.15) is 0 Å². The molecule has 0 aromatic heterocycles. The molecule has 4 nitrogen and oxygen atoms in total. The van der Waals surface area contributed by atoms with Crippen LogP contribution in [-0.2, 0) is 9.53 Å². The van der Waals surface area contributed by atoms with Gasteiger partial charge in [-0.25, -0.2) is 0 Å². The molecule has 2 rings (SSSR count). The third-order valence-electron chi connectivity index (χ3n) is 4.31. The summed E-state index contributed by atoms with van der Waals surface area (Å²) in [4.78, 5) is 13.6. The largest absolute Gasteiger partial charge is 0.384 e. The first-order chi connectivity index (χ1) is 7.72. The van der Waals surface area contributed by atoms with Gasteiger partial charge in [0.25, 0.3) is 0 Å². The van der Waals surface area contributed by atoms with Crippen molar-refractivity contribution in [2.24, 2.45) is 17.1 Å². The summed E-state index contributed by atoms with van der Waals surface area (Å²) in [5, 5.41) is 0. The predicted octanol–water partition coefficient (Wildman–Crippen LogP) is 0.610. The Labute approximate surface area is 97.1 Å². The lowest BCUT2D eigenvalue weighted by Gasteiger charge is -2.29. The molecule has 2 aliphatic rings. The summed E-state index contributed by atoms with van der Waals surface area (Å²) in [5.41, 5.74) is 5.77. The van der Waals surface area contributed by atoms with Gasteiger partial charge >= 0.3 is 0 Å². The van der Waals surface area contributed by atoms with Gasteiger partial charge in [0, 0.05) is 26.1 Å². The van der Waals surface area contributed by atoms with Crippen molar-refractivity contribution in [1.82, 2.24) is 4.90 Å². The number of hydrogen-bond donors (Lipinski definition) is 1. The second kappa shape index (κ2) is 4.72. The van der Waals surface area contributed by atoms with Crippen LogP contribution in [0.3, 0.4) is 0 Å². The quantitative estimate of drug-likeness (QED) is 0.767. The molecule has 1 spiro atoms. The van der Waals surface area contributed by atoms with Gasteiger partial charge in [-0.1, -0.05) is 12.8 Å². The molecular formula is C12H22N2O2. The Morgan fingerprint density at radius 3 is 2.75 bits per heavy atom. The summed E-state index contributed by atoms with van der Waals surface area (Å²) in [6.07, 6.45) is 5.08. The molecule has 0 aromatic carbocycles. The van der Waals surface area contributed by atoms with Crippen molar-refractivity contribution in [2.75, 3.05) is 33.4 Å². The van der Waals surface area contributed by atoms with Gasteiger partial charge in [-0.2, -0.15) is 0 Å². The molecule has 1 unspecified atom stereocenters. The lowest BCUT2D eigenvalue weighted by atomic mass is 9.77. The van der Waals surface area contributed by atoms with E-state index in [0.717, 1.165) is 19.7 Å². The minimum absolute atomic E-state index is 0.0879. The number of methoxy groups -OCH3 is 1. The van der Waals surface area contributed by atoms with Crippen LogP contribution in [0.1, 0.15) is 25.7 Å². The van der Waals surface area contributed by atoms with E-state index in [1.165, 1.54) is 25.7 Å². The van der Waals surface area contributed by atoms with Crippen LogP contribution in [-0.4, -0.2) is 44.2 Å². The van der Waals surface area contributed by atoms with Gasteiger partial charge in [-0.15, -0.1) is 0 Å². The molecule has 2 N–H and O–H groups in total. The highest BCUT2D eigenvalue weighted by molar-refractivity contribution is 5.78. The Morgan fingerprint density at radius 2 is 2.19 bits per heavy atom. The fourth-order valence-electron chi connectivity index (χ4n) is 3.43. The molecule has 0 aromatic rings. The van der Waals surface area contributed by atoms with Crippen LogP contribution in [0.15, 0.2) is 0 Å². The molecule has 1 heterocycles. The highest BCUT2D eigenvalue weighted by Crippen LogP contribution is 2.49. The Hall–Kier alpha value is -0.610. The van der Waals surface area contributed by atoms with Crippen molar-refractivity contribution in [1.29, 1.82) is 0 Å². The van der Waals surface area contributed by atoms with Crippen LogP contribution in [0.4, 0.5) is 0 Å². The maximum atomic E-state index is 11.7. The Balaban J connectivity index is 2.08. The maximum absolute atomic E-state index is 11.7. The molecule has 2 fully saturated rings. The average Bonchev–Trinajstić information content (AvgIpc) is 2.88. The summed E-state index contributed by atoms with van der Waals surface area (Å²) in [6.45, 7) is 2.64. The lowest BCUT2D eigenvalue weighted by molar-refractivity contribution is -0.129. The van der Waals surface area contributed by atoms with Crippen molar-refractivity contribution in [3.8, 4) is 0 Å². The van der Waals surface area contributed by atoms with E-state index in [1.54, 1.807) is 7.11 Å². The van der Waals surface area contributed by atoms with Crippen molar-refractivity contribution in [2.45, 2.75) is 25.7 Å². The smallest absolute Gasteiger partial charge is 0.236 e. The normalized spacial score (nSPS) is 27.9. The van der Waals surface area contributed by atoms with E-state index in [-0.39, 0.29) is 12.5 Å². The second-order valence-corrected chi connectivity index (χ2v) is 5.20. The monoisotopic (exact) mass is 226 g/mol. The number of ether oxygens (including phenoxy) is 1. The highest BCUT2D eigenvalue weighted by atomic mass is 16.5. The van der Waals surface area contributed by atoms with Crippen LogP contribution in [0.25, 0.3) is 0 Å². The number of nitrogens with zero attached hydrogens (tertiary/aromatic N) is 1. The van der Waals surface area contributed by atoms with E-state index >= 15 is 0 Å². The van der Waals surface area contributed by atoms with Gasteiger partial charge in [0.15, 0.2) is 0 Å². The minimum Gasteiger partial charge on any atom is -0.384 e. The van der Waals surface area contributed by atoms with Crippen LogP contribution in [0.5, 0.6) is 0 Å². The third kappa shape index (κ3) is 1.96. The first-order valence-electron chi connectivity index (χ1n) is 6.18. The van der Waals surface area contributed by atoms with Crippen molar-refractivity contribution in [3.63, 3.8) is 0 Å². The maximum Gasteiger partial charge on any atom is 0.236 e. The zero-order valence-electron chi connectivity index (χ0n) is 10.1. The lowest BCUT2D eigenvalue weighted by Crippen LogP contribution is -2.35. The molecule has 1 atom stereocenters. The first kappa shape index (κ1) is 11.9. The zero-order valence-corrected chi connectivity index (χ0v) is 10.1. The summed E-state index contributed by atoms with van der Waals surface area (Å²) in [6, 6.07) is 0. The summed E-state index contributed by atoms with van der Waals surface area (Å²) >= 11 is 0. The Kier molecular flexibility index (Phi) is 3.50. The molecule has 1 aliphatic carbocycles. The van der Waals surface area contributed by atoms with Gasteiger partial charge in [-0.05, 0) is 18.3 Å². The molecule has 16 heavy (non-hydrogen) atoms. The average molecular weight is 226 g/mol. The van der Waals surface area contributed by atoms with E-state index in [0.29, 0.717) is 11.3 Å². The second-order valence-electron chi connectivity index (χ2n) is 5.20. The van der Waals surface area contributed by atoms with E-state index < -0.39 is 0 Å². The van der Waals surface area contributed by atoms with E-state index in [2.05, 4.69) is 0 Å². The Bertz CT molecular complexity index is 262. The summed E-state index contributed by atoms with van der Waals surface area (Å²) in [7, 11) is 1.75. The molecule has 1 aliphatic heterocycles. The zero-order chi connectivity index (χ0) is 11.6. The fraction of sp³-hybridized carbons (Fsp3) is 0.917. The number of hydrogen-bond acceptors (Lipinski definition) is 3. The molecule has 1 saturated heterocycles. The van der Waals surface area contributed by atoms with Crippen LogP contribution in [0, 0.1) is 11.3 Å². The molecule has 0 bridgehead atoms. The van der Waals surface area contributed by atoms with E-state index in [9.17, 15) is 4.79 Å². The number of carbonyl (C=O) groups excluding carboxylic acids is 1. The van der Waals surface area contributed by atoms with Crippen molar-refractivity contribution < 1.29 is 9.53 Å². The van der Waals surface area contributed by atoms with Crippen molar-refractivity contribution in [3.05, 3.63) is 0 Å². The molecule has 92 valence electrons. The van der Waals surface area contributed by atoms with Crippen molar-refractivity contribution >= 4 is 5.91 Å². The summed E-state index contributed by atoms with van der Waals surface area (Å²) in [5.74, 6) is 0.598. The topological polar surface area (TPSA) is 55.6 Å². The number of amides is 1. The van der Waals surface area contributed by atoms with Crippen LogP contribution >= 0.6 is 0 Å². The van der Waals surface area contributed by atoms with Gasteiger partial charge in [0.2, 0.25) is 5.91 Å². The third-order valence-corrected chi connectivity index (χ3v) is 4.31. The minimum atomic E-state index is 0.0879. The van der Waals surface area contributed by atoms with Gasteiger partial charge < -0.3 is 15.4 Å². The number of nitrogens with two attached hydrogens (primary N) is 1. The standard InChI is InChI=1S/C12H22N2O2/c1-16-8-10-7-14(11(15)6-13)9-12(10)4-2-3-5-12/h10H,2-9,13H2,1H3. The van der Waals surface area contributed by atoms with E-state index in [1.807, 2.05) is 4.90 Å². The SMILES string of the molecule is COCC1CN(C(=O)CN)CC12CCCC2. The highest BCUT2D eigenvalue weighted by Gasteiger charge is 2.48. The van der Waals surface area contributed by atoms with E-state index in [4.69, 9.17) is 10.5 Å². The van der Waals surface area contributed by atoms with Gasteiger partial charge in [0.05, 0.1) is 13.2 Å². The number of carbonyl (C=O) groups is 1. The predicted molar refractivity (Wildman–Crippen MR) is 61.9 cm³/mol. The number of rotatable bonds is 3. The molecule has 4 heteroatoms. The molecule has 0 radical (unpaired) electrons. The molecule has 1 amide bonds. The van der Waals surface area contributed by atoms with Crippen LogP contribution in [0.2, 0.25) is 0 Å². The Morgan fingerprint density at radius 1 is 1.50 bits per heavy atom. The molecule has 1 saturated carbocycles.